The van der Waals surface area contributed by atoms with E-state index in [1.807, 2.05) is 30.3 Å². The first-order valence-corrected chi connectivity index (χ1v) is 10.1. The Kier molecular flexibility index (Phi) is 5.70. The number of hydrogen-bond acceptors (Lipinski definition) is 4. The van der Waals surface area contributed by atoms with Crippen molar-refractivity contribution in [3.63, 3.8) is 0 Å². The lowest BCUT2D eigenvalue weighted by atomic mass is 10.1. The van der Waals surface area contributed by atoms with Gasteiger partial charge in [-0.1, -0.05) is 30.3 Å². The number of sulfonamides is 1. The normalized spacial score (nSPS) is 16.5. The fourth-order valence-electron chi connectivity index (χ4n) is 3.23. The maximum atomic E-state index is 12.6. The summed E-state index contributed by atoms with van der Waals surface area (Å²) >= 11 is 0. The van der Waals surface area contributed by atoms with Crippen LogP contribution in [0.3, 0.4) is 0 Å². The van der Waals surface area contributed by atoms with Crippen molar-refractivity contribution in [2.75, 3.05) is 19.6 Å². The number of rotatable bonds is 7. The topological polar surface area (TPSA) is 86.7 Å². The Morgan fingerprint density at radius 3 is 2.23 bits per heavy atom. The van der Waals surface area contributed by atoms with Crippen LogP contribution in [0.25, 0.3) is 0 Å². The lowest BCUT2D eigenvalue weighted by Gasteiger charge is -2.28. The second-order valence-electron chi connectivity index (χ2n) is 6.35. The predicted molar refractivity (Wildman–Crippen MR) is 98.6 cm³/mol. The third kappa shape index (κ3) is 4.30. The van der Waals surface area contributed by atoms with Crippen LogP contribution in [-0.4, -0.2) is 44.0 Å². The molecule has 2 N–H and O–H groups in total. The van der Waals surface area contributed by atoms with Crippen molar-refractivity contribution >= 4 is 16.0 Å². The molecule has 0 spiro atoms. The molecular weight excluding hydrogens is 352 g/mol. The van der Waals surface area contributed by atoms with Crippen LogP contribution in [0.5, 0.6) is 0 Å². The third-order valence-corrected chi connectivity index (χ3v) is 6.08. The van der Waals surface area contributed by atoms with E-state index in [9.17, 15) is 13.2 Å². The van der Waals surface area contributed by atoms with E-state index >= 15 is 0 Å². The molecule has 0 aliphatic carbocycles. The lowest BCUT2D eigenvalue weighted by molar-refractivity contribution is 0.0696. The SMILES string of the molecule is O=C(O)c1ccc(S(=O)(=O)NCC(c2ccccc2)N2CCCC2)cc1. The minimum Gasteiger partial charge on any atom is -0.478 e. The Labute approximate surface area is 153 Å². The van der Waals surface area contributed by atoms with Crippen LogP contribution in [0.2, 0.25) is 0 Å². The van der Waals surface area contributed by atoms with Gasteiger partial charge in [0.15, 0.2) is 0 Å². The molecule has 1 aliphatic rings. The van der Waals surface area contributed by atoms with Gasteiger partial charge in [-0.2, -0.15) is 0 Å². The van der Waals surface area contributed by atoms with Gasteiger partial charge in [-0.25, -0.2) is 17.9 Å². The van der Waals surface area contributed by atoms with E-state index in [0.717, 1.165) is 31.5 Å². The lowest BCUT2D eigenvalue weighted by Crippen LogP contribution is -2.36. The number of nitrogens with zero attached hydrogens (tertiary/aromatic N) is 1. The van der Waals surface area contributed by atoms with E-state index in [-0.39, 0.29) is 23.0 Å². The smallest absolute Gasteiger partial charge is 0.335 e. The number of hydrogen-bond donors (Lipinski definition) is 2. The Hall–Kier alpha value is -2.22. The Bertz CT molecular complexity index is 845. The van der Waals surface area contributed by atoms with E-state index in [0.29, 0.717) is 0 Å². The molecule has 1 heterocycles. The van der Waals surface area contributed by atoms with Gasteiger partial charge in [0, 0.05) is 12.6 Å². The Morgan fingerprint density at radius 2 is 1.65 bits per heavy atom. The highest BCUT2D eigenvalue weighted by Gasteiger charge is 2.25. The van der Waals surface area contributed by atoms with Crippen molar-refractivity contribution < 1.29 is 18.3 Å². The van der Waals surface area contributed by atoms with E-state index < -0.39 is 16.0 Å². The fraction of sp³-hybridized carbons (Fsp3) is 0.316. The summed E-state index contributed by atoms with van der Waals surface area (Å²) in [6.45, 7) is 2.18. The zero-order valence-electron chi connectivity index (χ0n) is 14.3. The van der Waals surface area contributed by atoms with Crippen molar-refractivity contribution in [1.29, 1.82) is 0 Å². The summed E-state index contributed by atoms with van der Waals surface area (Å²) in [4.78, 5) is 13.3. The standard InChI is InChI=1S/C19H22N2O4S/c22-19(23)16-8-10-17(11-9-16)26(24,25)20-14-18(21-12-4-5-13-21)15-6-2-1-3-7-15/h1-3,6-11,18,20H,4-5,12-14H2,(H,22,23). The molecule has 0 aromatic heterocycles. The summed E-state index contributed by atoms with van der Waals surface area (Å²) in [5.74, 6) is -1.08. The molecule has 1 saturated heterocycles. The van der Waals surface area contributed by atoms with Crippen LogP contribution < -0.4 is 4.72 Å². The highest BCUT2D eigenvalue weighted by Crippen LogP contribution is 2.25. The first-order chi connectivity index (χ1) is 12.5. The highest BCUT2D eigenvalue weighted by atomic mass is 32.2. The highest BCUT2D eigenvalue weighted by molar-refractivity contribution is 7.89. The number of carboxylic acids is 1. The van der Waals surface area contributed by atoms with Crippen LogP contribution in [-0.2, 0) is 10.0 Å². The van der Waals surface area contributed by atoms with Gasteiger partial charge in [-0.15, -0.1) is 0 Å². The van der Waals surface area contributed by atoms with Crippen molar-refractivity contribution in [1.82, 2.24) is 9.62 Å². The van der Waals surface area contributed by atoms with Gasteiger partial charge in [0.25, 0.3) is 0 Å². The number of carboxylic acid groups (broad SMARTS) is 1. The number of nitrogens with one attached hydrogen (secondary N) is 1. The molecule has 2 aromatic carbocycles. The van der Waals surface area contributed by atoms with Gasteiger partial charge in [0.1, 0.15) is 0 Å². The van der Waals surface area contributed by atoms with Gasteiger partial charge >= 0.3 is 5.97 Å². The van der Waals surface area contributed by atoms with Gasteiger partial charge in [-0.05, 0) is 55.8 Å². The van der Waals surface area contributed by atoms with Crippen LogP contribution in [0.15, 0.2) is 59.5 Å². The summed E-state index contributed by atoms with van der Waals surface area (Å²) in [5.41, 5.74) is 1.14. The maximum Gasteiger partial charge on any atom is 0.335 e. The van der Waals surface area contributed by atoms with Crippen LogP contribution in [0, 0.1) is 0 Å². The molecule has 1 fully saturated rings. The summed E-state index contributed by atoms with van der Waals surface area (Å²) < 4.78 is 27.9. The number of likely N-dealkylation sites (tertiary alicyclic amines) is 1. The molecule has 138 valence electrons. The van der Waals surface area contributed by atoms with E-state index in [4.69, 9.17) is 5.11 Å². The minimum absolute atomic E-state index is 0.0215. The predicted octanol–water partition coefficient (Wildman–Crippen LogP) is 2.50. The maximum absolute atomic E-state index is 12.6. The average Bonchev–Trinajstić information content (AvgIpc) is 3.17. The molecule has 1 unspecified atom stereocenters. The summed E-state index contributed by atoms with van der Waals surface area (Å²) in [6.07, 6.45) is 2.24. The molecule has 7 heteroatoms. The molecule has 1 aliphatic heterocycles. The van der Waals surface area contributed by atoms with Gasteiger partial charge < -0.3 is 5.11 Å². The molecule has 6 nitrogen and oxygen atoms in total. The van der Waals surface area contributed by atoms with E-state index in [2.05, 4.69) is 9.62 Å². The first kappa shape index (κ1) is 18.6. The molecule has 0 saturated carbocycles. The monoisotopic (exact) mass is 374 g/mol. The summed E-state index contributed by atoms with van der Waals surface area (Å²) in [6, 6.07) is 15.1. The molecule has 3 rings (SSSR count). The first-order valence-electron chi connectivity index (χ1n) is 8.59. The zero-order valence-corrected chi connectivity index (χ0v) is 15.2. The van der Waals surface area contributed by atoms with Crippen molar-refractivity contribution in [2.24, 2.45) is 0 Å². The van der Waals surface area contributed by atoms with Gasteiger partial charge in [0.05, 0.1) is 10.5 Å². The molecule has 0 amide bonds. The summed E-state index contributed by atoms with van der Waals surface area (Å²) in [5, 5.41) is 8.93. The van der Waals surface area contributed by atoms with E-state index in [1.54, 1.807) is 0 Å². The molecular formula is C19H22N2O4S. The second-order valence-corrected chi connectivity index (χ2v) is 8.12. The van der Waals surface area contributed by atoms with Crippen LogP contribution in [0.1, 0.15) is 34.8 Å². The Morgan fingerprint density at radius 1 is 1.04 bits per heavy atom. The summed E-state index contributed by atoms with van der Waals surface area (Å²) in [7, 11) is -3.70. The van der Waals surface area contributed by atoms with Crippen LogP contribution >= 0.6 is 0 Å². The largest absolute Gasteiger partial charge is 0.478 e. The quantitative estimate of drug-likeness (QED) is 0.778. The zero-order chi connectivity index (χ0) is 18.6. The average molecular weight is 374 g/mol. The fourth-order valence-corrected chi connectivity index (χ4v) is 4.27. The molecule has 0 bridgehead atoms. The van der Waals surface area contributed by atoms with Gasteiger partial charge in [-0.3, -0.25) is 4.90 Å². The minimum atomic E-state index is -3.70. The molecule has 2 aromatic rings. The third-order valence-electron chi connectivity index (χ3n) is 4.64. The molecule has 1 atom stereocenters. The van der Waals surface area contributed by atoms with Crippen molar-refractivity contribution in [3.8, 4) is 0 Å². The number of aromatic carboxylic acids is 1. The van der Waals surface area contributed by atoms with E-state index in [1.165, 1.54) is 24.3 Å². The number of benzene rings is 2. The second kappa shape index (κ2) is 7.99. The number of carbonyl (C=O) groups is 1. The van der Waals surface area contributed by atoms with Crippen LogP contribution in [0.4, 0.5) is 0 Å². The molecule has 26 heavy (non-hydrogen) atoms. The van der Waals surface area contributed by atoms with Gasteiger partial charge in [0.2, 0.25) is 10.0 Å². The van der Waals surface area contributed by atoms with Crippen molar-refractivity contribution in [3.05, 3.63) is 65.7 Å². The molecule has 0 radical (unpaired) electrons. The Balaban J connectivity index is 1.76. The van der Waals surface area contributed by atoms with Crippen molar-refractivity contribution in [2.45, 2.75) is 23.8 Å².